The largest absolute Gasteiger partial charge is 1.00 e. The fourth-order valence-corrected chi connectivity index (χ4v) is 11.3. The summed E-state index contributed by atoms with van der Waals surface area (Å²) in [6.07, 6.45) is 44.8. The van der Waals surface area contributed by atoms with Crippen LogP contribution in [0.2, 0.25) is 4.34 Å². The molecule has 0 bridgehead atoms. The summed E-state index contributed by atoms with van der Waals surface area (Å²) in [6.45, 7) is 0. The fraction of sp³-hybridized carbons (Fsp3) is 0.576. The summed E-state index contributed by atoms with van der Waals surface area (Å²) in [5.41, 5.74) is 8.74. The Labute approximate surface area is 498 Å². The van der Waals surface area contributed by atoms with Gasteiger partial charge in [0.15, 0.2) is 0 Å². The number of carbonyl (C=O) groups is 2. The molecule has 0 unspecified atom stereocenters. The average molecular weight is 1020 g/mol. The van der Waals surface area contributed by atoms with Crippen LogP contribution in [0.5, 0.6) is 5.75 Å². The van der Waals surface area contributed by atoms with Gasteiger partial charge in [0, 0.05) is 28.5 Å². The van der Waals surface area contributed by atoms with Crippen LogP contribution in [0.3, 0.4) is 0 Å². The molecule has 0 fully saturated rings. The molecule has 1 aliphatic carbocycles. The molecule has 2 heterocycles. The van der Waals surface area contributed by atoms with E-state index in [0.717, 1.165) is 167 Å². The number of unbranched alkanes of at least 4 members (excludes halogenated alkanes) is 22. The third-order valence-corrected chi connectivity index (χ3v) is 15.0. The number of carboxylic acids is 2. The van der Waals surface area contributed by atoms with Gasteiger partial charge in [-0.15, -0.1) is 11.3 Å². The van der Waals surface area contributed by atoms with Gasteiger partial charge in [0.1, 0.15) is 9.17 Å². The summed E-state index contributed by atoms with van der Waals surface area (Å²) >= 11 is 8.79. The van der Waals surface area contributed by atoms with E-state index in [-0.39, 0.29) is 107 Å². The zero-order chi connectivity index (χ0) is 47.3. The normalized spacial score (nSPS) is 12.2. The second-order valence-corrected chi connectivity index (χ2v) is 20.7. The molecular formula is C59H79ClNNa3O5S. The molecule has 2 aromatic heterocycles. The molecule has 70 heavy (non-hydrogen) atoms. The SMILES string of the molecule is O=C([O-])CCCCCCC/C=C\CCCCCCCCc1nc2sc(Cl)c(-c3ccc4c(c3[O-])CCCC4)c2c(CCCCCCCC/C=C\CCCCCCCC(=O)[O-])c1-c1ccccc1.[Na+].[Na+].[Na+]. The molecule has 2 aromatic carbocycles. The van der Waals surface area contributed by atoms with Crippen molar-refractivity contribution in [2.75, 3.05) is 0 Å². The molecule has 0 N–H and O–H groups in total. The van der Waals surface area contributed by atoms with Crippen LogP contribution in [0.1, 0.15) is 215 Å². The van der Waals surface area contributed by atoms with Gasteiger partial charge in [-0.25, -0.2) is 4.98 Å². The minimum atomic E-state index is -0.937. The molecule has 0 saturated heterocycles. The van der Waals surface area contributed by atoms with Gasteiger partial charge in [0.2, 0.25) is 0 Å². The number of carbonyl (C=O) groups excluding carboxylic acids is 2. The first-order valence-electron chi connectivity index (χ1n) is 26.6. The number of aliphatic carboxylic acids is 2. The second kappa shape index (κ2) is 39.5. The first kappa shape index (κ1) is 65.2. The summed E-state index contributed by atoms with van der Waals surface area (Å²) in [5, 5.41) is 36.5. The summed E-state index contributed by atoms with van der Waals surface area (Å²) < 4.78 is 0.672. The molecule has 0 atom stereocenters. The van der Waals surface area contributed by atoms with Crippen molar-refractivity contribution in [1.29, 1.82) is 0 Å². The van der Waals surface area contributed by atoms with E-state index in [1.54, 1.807) is 11.3 Å². The van der Waals surface area contributed by atoms with E-state index in [0.29, 0.717) is 4.34 Å². The van der Waals surface area contributed by atoms with Gasteiger partial charge >= 0.3 is 88.7 Å². The van der Waals surface area contributed by atoms with Gasteiger partial charge in [-0.05, 0) is 151 Å². The van der Waals surface area contributed by atoms with Crippen LogP contribution < -0.4 is 104 Å². The quantitative estimate of drug-likeness (QED) is 0.0320. The van der Waals surface area contributed by atoms with Crippen LogP contribution in [0, 0.1) is 0 Å². The number of hydrogen-bond donors (Lipinski definition) is 0. The van der Waals surface area contributed by atoms with Crippen LogP contribution in [0.25, 0.3) is 32.5 Å². The molecule has 6 nitrogen and oxygen atoms in total. The maximum Gasteiger partial charge on any atom is 1.00 e. The van der Waals surface area contributed by atoms with Gasteiger partial charge in [-0.2, -0.15) is 0 Å². The number of fused-ring (bicyclic) bond motifs is 2. The van der Waals surface area contributed by atoms with Gasteiger partial charge in [0.05, 0.1) is 5.69 Å². The van der Waals surface area contributed by atoms with E-state index >= 15 is 0 Å². The van der Waals surface area contributed by atoms with E-state index < -0.39 is 11.9 Å². The average Bonchev–Trinajstić information content (AvgIpc) is 3.65. The van der Waals surface area contributed by atoms with E-state index in [9.17, 15) is 24.9 Å². The summed E-state index contributed by atoms with van der Waals surface area (Å²) in [7, 11) is 0. The fourth-order valence-electron chi connectivity index (χ4n) is 9.96. The van der Waals surface area contributed by atoms with Gasteiger partial charge in [-0.3, -0.25) is 0 Å². The van der Waals surface area contributed by atoms with Crippen LogP contribution in [-0.4, -0.2) is 16.9 Å². The monoisotopic (exact) mass is 1020 g/mol. The van der Waals surface area contributed by atoms with Crippen molar-refractivity contribution in [1.82, 2.24) is 4.98 Å². The zero-order valence-corrected chi connectivity index (χ0v) is 51.2. The van der Waals surface area contributed by atoms with E-state index in [4.69, 9.17) is 16.6 Å². The Balaban J connectivity index is 0.00000560. The van der Waals surface area contributed by atoms with Crippen molar-refractivity contribution in [3.05, 3.63) is 93.5 Å². The number of allylic oxidation sites excluding steroid dienone is 4. The van der Waals surface area contributed by atoms with E-state index in [1.807, 2.05) is 6.07 Å². The molecule has 5 rings (SSSR count). The molecule has 0 aliphatic heterocycles. The summed E-state index contributed by atoms with van der Waals surface area (Å²) in [5.74, 6) is -1.72. The summed E-state index contributed by atoms with van der Waals surface area (Å²) in [4.78, 5) is 27.5. The van der Waals surface area contributed by atoms with Crippen LogP contribution in [0.15, 0.2) is 66.8 Å². The first-order chi connectivity index (χ1) is 32.8. The Morgan fingerprint density at radius 2 is 1.01 bits per heavy atom. The third-order valence-electron chi connectivity index (χ3n) is 13.7. The number of pyridine rings is 1. The molecule has 366 valence electrons. The number of nitrogens with zero attached hydrogens (tertiary/aromatic N) is 1. The number of rotatable bonds is 36. The number of aryl methyl sites for hydroxylation is 3. The smallest absolute Gasteiger partial charge is 0.872 e. The van der Waals surface area contributed by atoms with Gasteiger partial charge < -0.3 is 24.9 Å². The molecule has 4 aromatic rings. The number of aromatic nitrogens is 1. The third kappa shape index (κ3) is 23.7. The molecular weight excluding hydrogens is 939 g/mol. The predicted octanol–water partition coefficient (Wildman–Crippen LogP) is 5.87. The first-order valence-corrected chi connectivity index (χ1v) is 27.8. The van der Waals surface area contributed by atoms with Crippen molar-refractivity contribution < 1.29 is 114 Å². The number of carboxylic acid groups (broad SMARTS) is 2. The Morgan fingerprint density at radius 1 is 0.557 bits per heavy atom. The zero-order valence-electron chi connectivity index (χ0n) is 43.7. The maximum atomic E-state index is 14.3. The summed E-state index contributed by atoms with van der Waals surface area (Å²) in [6, 6.07) is 15.1. The predicted molar refractivity (Wildman–Crippen MR) is 277 cm³/mol. The van der Waals surface area contributed by atoms with Gasteiger partial charge in [-0.1, -0.05) is 180 Å². The standard InChI is InChI=1S/C59H82ClNO5S.3Na/c60-58-55(50-45-44-46-36-34-35-39-48(46)57(50)66)56-49(40-30-23-19-15-11-7-3-1-5-9-13-17-21-25-32-42-52(62)63)54(47-37-28-27-29-38-47)51(61-59(56)67-58)41-31-24-20-16-12-8-4-2-6-10-14-18-22-26-33-43-53(64)65;;;/h1-2,5-6,27-29,37-38,44-45,66H,3-4,7-26,30-36,39-43H2,(H,62,63)(H,64,65);;;/q;3*+1/p-3/b5-1-,6-2-;;;. The number of thiophene rings is 1. The maximum absolute atomic E-state index is 14.3. The van der Waals surface area contributed by atoms with E-state index in [2.05, 4.69) is 60.7 Å². The van der Waals surface area contributed by atoms with Crippen LogP contribution >= 0.6 is 22.9 Å². The molecule has 0 saturated carbocycles. The molecule has 11 heteroatoms. The number of benzene rings is 2. The molecule has 0 spiro atoms. The Morgan fingerprint density at radius 3 is 1.53 bits per heavy atom. The Bertz CT molecular complexity index is 2140. The number of hydrogen-bond acceptors (Lipinski definition) is 7. The van der Waals surface area contributed by atoms with Crippen molar-refractivity contribution in [3.63, 3.8) is 0 Å². The van der Waals surface area contributed by atoms with E-state index in [1.165, 1.54) is 92.9 Å². The Kier molecular flexibility index (Phi) is 36.7. The van der Waals surface area contributed by atoms with Crippen molar-refractivity contribution in [3.8, 4) is 28.0 Å². The topological polar surface area (TPSA) is 116 Å². The molecule has 1 aliphatic rings. The van der Waals surface area contributed by atoms with Crippen LogP contribution in [0.4, 0.5) is 0 Å². The Hall–Kier alpha value is -0.940. The van der Waals surface area contributed by atoms with Crippen LogP contribution in [-0.2, 0) is 35.3 Å². The number of halogens is 1. The van der Waals surface area contributed by atoms with Gasteiger partial charge in [0.25, 0.3) is 0 Å². The minimum Gasteiger partial charge on any atom is -0.872 e. The second-order valence-electron chi connectivity index (χ2n) is 19.1. The minimum absolute atomic E-state index is 0. The molecule has 0 amide bonds. The van der Waals surface area contributed by atoms with Crippen molar-refractivity contribution in [2.24, 2.45) is 0 Å². The molecule has 0 radical (unpaired) electrons. The van der Waals surface area contributed by atoms with Crippen molar-refractivity contribution in [2.45, 2.75) is 218 Å². The van der Waals surface area contributed by atoms with Crippen molar-refractivity contribution >= 4 is 45.1 Å².